The number of halogens is 1. The van der Waals surface area contributed by atoms with E-state index in [0.29, 0.717) is 18.8 Å². The van der Waals surface area contributed by atoms with Gasteiger partial charge in [0.25, 0.3) is 11.8 Å². The first-order chi connectivity index (χ1) is 13.6. The summed E-state index contributed by atoms with van der Waals surface area (Å²) in [6.45, 7) is 0.924. The van der Waals surface area contributed by atoms with E-state index in [4.69, 9.17) is 9.47 Å². The number of para-hydroxylation sites is 1. The minimum absolute atomic E-state index is 0.0254. The second-order valence-electron chi connectivity index (χ2n) is 6.85. The summed E-state index contributed by atoms with van der Waals surface area (Å²) in [6.07, 6.45) is 2.04. The van der Waals surface area contributed by atoms with E-state index in [1.54, 1.807) is 29.2 Å². The van der Waals surface area contributed by atoms with Crippen molar-refractivity contribution in [2.24, 2.45) is 0 Å². The molecule has 146 valence electrons. The van der Waals surface area contributed by atoms with Crippen LogP contribution in [0.3, 0.4) is 0 Å². The number of ether oxygens (including phenoxy) is 2. The monoisotopic (exact) mass is 384 g/mol. The molecule has 2 aliphatic heterocycles. The van der Waals surface area contributed by atoms with Crippen molar-refractivity contribution >= 4 is 23.2 Å². The molecule has 0 radical (unpaired) electrons. The van der Waals surface area contributed by atoms with Gasteiger partial charge in [0.15, 0.2) is 18.2 Å². The molecule has 0 aromatic heterocycles. The number of benzene rings is 2. The maximum atomic E-state index is 13.6. The largest absolute Gasteiger partial charge is 0.481 e. The van der Waals surface area contributed by atoms with E-state index in [9.17, 15) is 14.0 Å². The smallest absolute Gasteiger partial charge is 0.262 e. The number of nitrogens with one attached hydrogen (secondary N) is 1. The molecule has 2 amide bonds. The first-order valence-corrected chi connectivity index (χ1v) is 9.35. The van der Waals surface area contributed by atoms with Crippen LogP contribution < -0.4 is 15.0 Å². The molecule has 1 N–H and O–H groups in total. The third kappa shape index (κ3) is 3.84. The Morgan fingerprint density at radius 1 is 1.25 bits per heavy atom. The third-order valence-electron chi connectivity index (χ3n) is 4.93. The topological polar surface area (TPSA) is 67.9 Å². The van der Waals surface area contributed by atoms with E-state index < -0.39 is 11.7 Å². The zero-order valence-electron chi connectivity index (χ0n) is 15.3. The Morgan fingerprint density at radius 3 is 2.89 bits per heavy atom. The van der Waals surface area contributed by atoms with Gasteiger partial charge in [-0.25, -0.2) is 4.39 Å². The molecule has 2 heterocycles. The minimum Gasteiger partial charge on any atom is -0.481 e. The Bertz CT molecular complexity index is 896. The van der Waals surface area contributed by atoms with Crippen molar-refractivity contribution in [2.45, 2.75) is 25.4 Å². The number of fused-ring (bicyclic) bond motifs is 1. The molecule has 0 bridgehead atoms. The Balaban J connectivity index is 1.41. The van der Waals surface area contributed by atoms with Crippen molar-refractivity contribution in [2.75, 3.05) is 30.0 Å². The highest BCUT2D eigenvalue weighted by atomic mass is 19.1. The highest BCUT2D eigenvalue weighted by molar-refractivity contribution is 6.00. The fourth-order valence-corrected chi connectivity index (χ4v) is 3.53. The number of rotatable bonds is 5. The van der Waals surface area contributed by atoms with Crippen molar-refractivity contribution in [1.29, 1.82) is 0 Å². The molecular formula is C21H21FN2O4. The highest BCUT2D eigenvalue weighted by Gasteiger charge is 2.32. The Kier molecular flexibility index (Phi) is 5.25. The zero-order valence-corrected chi connectivity index (χ0v) is 15.3. The second kappa shape index (κ2) is 7.98. The molecule has 7 heteroatoms. The van der Waals surface area contributed by atoms with Gasteiger partial charge >= 0.3 is 0 Å². The number of anilines is 2. The lowest BCUT2D eigenvalue weighted by atomic mass is 10.1. The van der Waals surface area contributed by atoms with Crippen LogP contribution in [0.5, 0.6) is 5.75 Å². The molecule has 2 aromatic rings. The van der Waals surface area contributed by atoms with Gasteiger partial charge in [-0.05, 0) is 49.1 Å². The molecule has 0 unspecified atom stereocenters. The van der Waals surface area contributed by atoms with Gasteiger partial charge in [-0.2, -0.15) is 0 Å². The number of carbonyl (C=O) groups excluding carboxylic acids is 2. The fourth-order valence-electron chi connectivity index (χ4n) is 3.53. The lowest BCUT2D eigenvalue weighted by molar-refractivity contribution is -0.127. The molecule has 4 rings (SSSR count). The van der Waals surface area contributed by atoms with Crippen LogP contribution in [0, 0.1) is 5.82 Å². The van der Waals surface area contributed by atoms with Crippen LogP contribution in [0.25, 0.3) is 0 Å². The second-order valence-corrected chi connectivity index (χ2v) is 6.85. The number of hydrogen-bond acceptors (Lipinski definition) is 4. The van der Waals surface area contributed by atoms with Crippen molar-refractivity contribution in [1.82, 2.24) is 0 Å². The molecule has 0 saturated carbocycles. The van der Waals surface area contributed by atoms with E-state index >= 15 is 0 Å². The van der Waals surface area contributed by atoms with Crippen LogP contribution in [0.1, 0.15) is 18.4 Å². The van der Waals surface area contributed by atoms with Crippen LogP contribution in [0.4, 0.5) is 15.8 Å². The van der Waals surface area contributed by atoms with Gasteiger partial charge in [0.05, 0.1) is 0 Å². The first kappa shape index (κ1) is 18.4. The van der Waals surface area contributed by atoms with Crippen molar-refractivity contribution in [3.8, 4) is 5.75 Å². The lowest BCUT2D eigenvalue weighted by Gasteiger charge is -2.21. The standard InChI is InChI=1S/C21H21FN2O4/c22-16-4-1-2-5-18(16)28-13-20(25)23-15-8-7-14-9-10-24(17(14)12-15)21(26)19-6-3-11-27-19/h1-2,4-5,7-8,12,19H,3,6,9-11,13H2,(H,23,25)/t19-/m0/s1. The maximum absolute atomic E-state index is 13.6. The molecule has 2 aliphatic rings. The number of hydrogen-bond donors (Lipinski definition) is 1. The number of nitrogens with zero attached hydrogens (tertiary/aromatic N) is 1. The van der Waals surface area contributed by atoms with Crippen LogP contribution >= 0.6 is 0 Å². The van der Waals surface area contributed by atoms with Gasteiger partial charge < -0.3 is 19.7 Å². The molecule has 1 fully saturated rings. The number of amides is 2. The van der Waals surface area contributed by atoms with Crippen LogP contribution in [0.15, 0.2) is 42.5 Å². The summed E-state index contributed by atoms with van der Waals surface area (Å²) in [5, 5.41) is 2.73. The third-order valence-corrected chi connectivity index (χ3v) is 4.93. The summed E-state index contributed by atoms with van der Waals surface area (Å²) in [7, 11) is 0. The summed E-state index contributed by atoms with van der Waals surface area (Å²) in [6, 6.07) is 11.4. The highest BCUT2D eigenvalue weighted by Crippen LogP contribution is 2.32. The predicted molar refractivity (Wildman–Crippen MR) is 102 cm³/mol. The van der Waals surface area contributed by atoms with Gasteiger partial charge in [0.1, 0.15) is 6.10 Å². The average Bonchev–Trinajstić information content (AvgIpc) is 3.37. The van der Waals surface area contributed by atoms with Crippen molar-refractivity contribution in [3.63, 3.8) is 0 Å². The van der Waals surface area contributed by atoms with Gasteiger partial charge in [-0.3, -0.25) is 9.59 Å². The predicted octanol–water partition coefficient (Wildman–Crippen LogP) is 2.91. The summed E-state index contributed by atoms with van der Waals surface area (Å²) >= 11 is 0. The summed E-state index contributed by atoms with van der Waals surface area (Å²) in [5.41, 5.74) is 2.42. The summed E-state index contributed by atoms with van der Waals surface area (Å²) in [5.74, 6) is -0.920. The summed E-state index contributed by atoms with van der Waals surface area (Å²) in [4.78, 5) is 26.6. The normalized spacial score (nSPS) is 18.0. The van der Waals surface area contributed by atoms with Crippen LogP contribution in [-0.2, 0) is 20.7 Å². The molecule has 6 nitrogen and oxygen atoms in total. The molecule has 0 spiro atoms. The van der Waals surface area contributed by atoms with Gasteiger partial charge in [0.2, 0.25) is 0 Å². The number of carbonyl (C=O) groups is 2. The Hall–Kier alpha value is -2.93. The van der Waals surface area contributed by atoms with E-state index in [1.165, 1.54) is 12.1 Å². The minimum atomic E-state index is -0.517. The van der Waals surface area contributed by atoms with Gasteiger partial charge in [-0.1, -0.05) is 18.2 Å². The lowest BCUT2D eigenvalue weighted by Crippen LogP contribution is -2.37. The molecule has 1 atom stereocenters. The molecular weight excluding hydrogens is 363 g/mol. The van der Waals surface area contributed by atoms with Crippen molar-refractivity contribution < 1.29 is 23.5 Å². The van der Waals surface area contributed by atoms with Crippen molar-refractivity contribution in [3.05, 3.63) is 53.8 Å². The molecule has 28 heavy (non-hydrogen) atoms. The van der Waals surface area contributed by atoms with Gasteiger partial charge in [0, 0.05) is 24.5 Å². The van der Waals surface area contributed by atoms with E-state index in [0.717, 1.165) is 30.5 Å². The Labute approximate surface area is 162 Å². The SMILES string of the molecule is O=C(COc1ccccc1F)Nc1ccc2c(c1)N(C(=O)[C@@H]1CCCO1)CC2. The van der Waals surface area contributed by atoms with Gasteiger partial charge in [-0.15, -0.1) is 0 Å². The van der Waals surface area contributed by atoms with E-state index in [-0.39, 0.29) is 24.4 Å². The fraction of sp³-hybridized carbons (Fsp3) is 0.333. The van der Waals surface area contributed by atoms with E-state index in [2.05, 4.69) is 5.32 Å². The Morgan fingerprint density at radius 2 is 2.11 bits per heavy atom. The van der Waals surface area contributed by atoms with E-state index in [1.807, 2.05) is 6.07 Å². The molecule has 0 aliphatic carbocycles. The quantitative estimate of drug-likeness (QED) is 0.861. The zero-order chi connectivity index (χ0) is 19.5. The van der Waals surface area contributed by atoms with Crippen LogP contribution in [-0.4, -0.2) is 37.7 Å². The molecule has 1 saturated heterocycles. The maximum Gasteiger partial charge on any atom is 0.262 e. The summed E-state index contributed by atoms with van der Waals surface area (Å²) < 4.78 is 24.3. The first-order valence-electron chi connectivity index (χ1n) is 9.35. The van der Waals surface area contributed by atoms with Crippen LogP contribution in [0.2, 0.25) is 0 Å². The molecule has 2 aromatic carbocycles. The average molecular weight is 384 g/mol.